The van der Waals surface area contributed by atoms with E-state index in [4.69, 9.17) is 0 Å². The third-order valence-electron chi connectivity index (χ3n) is 3.46. The number of hydrogen-bond donors (Lipinski definition) is 0. The van der Waals surface area contributed by atoms with Gasteiger partial charge in [0.15, 0.2) is 5.65 Å². The lowest BCUT2D eigenvalue weighted by Gasteiger charge is -2.13. The molecule has 0 aliphatic heterocycles. The fourth-order valence-electron chi connectivity index (χ4n) is 2.45. The Morgan fingerprint density at radius 3 is 2.20 bits per heavy atom. The van der Waals surface area contributed by atoms with Crippen molar-refractivity contribution in [3.63, 3.8) is 0 Å². The molecule has 0 aliphatic rings. The third-order valence-corrected chi connectivity index (χ3v) is 3.46. The molecule has 3 rings (SSSR count). The van der Waals surface area contributed by atoms with Crippen LogP contribution in [0.3, 0.4) is 0 Å². The topological polar surface area (TPSA) is 30.7 Å². The SMILES string of the molecule is Cc1nn(-c2cccc(F)c2)c2nc(C(F)(F)F)cc(C(F)(F)F)c12. The molecule has 0 fully saturated rings. The Morgan fingerprint density at radius 1 is 0.960 bits per heavy atom. The number of pyridine rings is 1. The van der Waals surface area contributed by atoms with Gasteiger partial charge in [0.1, 0.15) is 11.5 Å². The monoisotopic (exact) mass is 363 g/mol. The summed E-state index contributed by atoms with van der Waals surface area (Å²) in [5, 5.41) is 3.25. The molecule has 2 aromatic heterocycles. The second-order valence-electron chi connectivity index (χ2n) is 5.23. The van der Waals surface area contributed by atoms with Gasteiger partial charge in [-0.2, -0.15) is 31.4 Å². The van der Waals surface area contributed by atoms with Crippen LogP contribution in [0.2, 0.25) is 0 Å². The van der Waals surface area contributed by atoms with Gasteiger partial charge in [-0.25, -0.2) is 14.1 Å². The van der Waals surface area contributed by atoms with Crippen molar-refractivity contribution in [2.45, 2.75) is 19.3 Å². The zero-order valence-corrected chi connectivity index (χ0v) is 12.4. The highest BCUT2D eigenvalue weighted by Gasteiger charge is 2.40. The Labute approximate surface area is 135 Å². The molecule has 3 nitrogen and oxygen atoms in total. The van der Waals surface area contributed by atoms with Crippen LogP contribution in [0.5, 0.6) is 0 Å². The van der Waals surface area contributed by atoms with Crippen LogP contribution in [0.1, 0.15) is 17.0 Å². The number of aromatic nitrogens is 3. The predicted molar refractivity (Wildman–Crippen MR) is 73.6 cm³/mol. The average molecular weight is 363 g/mol. The molecule has 2 heterocycles. The Bertz CT molecular complexity index is 954. The zero-order chi connectivity index (χ0) is 18.6. The van der Waals surface area contributed by atoms with Crippen LogP contribution >= 0.6 is 0 Å². The van der Waals surface area contributed by atoms with E-state index < -0.39 is 40.5 Å². The zero-order valence-electron chi connectivity index (χ0n) is 12.4. The lowest BCUT2D eigenvalue weighted by molar-refractivity contribution is -0.144. The molecule has 0 radical (unpaired) electrons. The van der Waals surface area contributed by atoms with E-state index in [1.54, 1.807) is 0 Å². The Morgan fingerprint density at radius 2 is 1.64 bits per heavy atom. The summed E-state index contributed by atoms with van der Waals surface area (Å²) in [4.78, 5) is 3.30. The van der Waals surface area contributed by atoms with E-state index in [0.29, 0.717) is 0 Å². The summed E-state index contributed by atoms with van der Waals surface area (Å²) in [6.45, 7) is 1.21. The molecule has 1 aromatic carbocycles. The molecular formula is C15H8F7N3. The van der Waals surface area contributed by atoms with Crippen molar-refractivity contribution in [1.29, 1.82) is 0 Å². The number of fused-ring (bicyclic) bond motifs is 1. The summed E-state index contributed by atoms with van der Waals surface area (Å²) in [5.74, 6) is -0.721. The summed E-state index contributed by atoms with van der Waals surface area (Å²) in [6, 6.07) is 4.52. The van der Waals surface area contributed by atoms with Crippen molar-refractivity contribution in [2.75, 3.05) is 0 Å². The molecule has 0 spiro atoms. The number of hydrogen-bond acceptors (Lipinski definition) is 2. The first-order chi connectivity index (χ1) is 11.5. The fraction of sp³-hybridized carbons (Fsp3) is 0.200. The van der Waals surface area contributed by atoms with Crippen LogP contribution in [-0.2, 0) is 12.4 Å². The van der Waals surface area contributed by atoms with Crippen molar-refractivity contribution in [3.05, 3.63) is 53.1 Å². The molecule has 0 saturated heterocycles. The van der Waals surface area contributed by atoms with Gasteiger partial charge in [0.05, 0.1) is 22.3 Å². The van der Waals surface area contributed by atoms with E-state index in [1.807, 2.05) is 0 Å². The minimum absolute atomic E-state index is 0.0435. The van der Waals surface area contributed by atoms with Gasteiger partial charge in [-0.05, 0) is 31.2 Å². The first-order valence-corrected chi connectivity index (χ1v) is 6.79. The Kier molecular flexibility index (Phi) is 3.73. The summed E-state index contributed by atoms with van der Waals surface area (Å²) in [6.07, 6.45) is -10.1. The number of nitrogens with zero attached hydrogens (tertiary/aromatic N) is 3. The first kappa shape index (κ1) is 17.2. The van der Waals surface area contributed by atoms with E-state index in [2.05, 4.69) is 10.1 Å². The Balaban J connectivity index is 2.42. The molecule has 0 saturated carbocycles. The highest BCUT2D eigenvalue weighted by Crippen LogP contribution is 2.40. The van der Waals surface area contributed by atoms with Gasteiger partial charge in [-0.15, -0.1) is 0 Å². The van der Waals surface area contributed by atoms with Crippen molar-refractivity contribution >= 4 is 11.0 Å². The number of rotatable bonds is 1. The molecule has 0 unspecified atom stereocenters. The van der Waals surface area contributed by atoms with E-state index in [1.165, 1.54) is 19.1 Å². The second kappa shape index (κ2) is 5.43. The van der Waals surface area contributed by atoms with Gasteiger partial charge in [0.2, 0.25) is 0 Å². The first-order valence-electron chi connectivity index (χ1n) is 6.79. The molecule has 132 valence electrons. The second-order valence-corrected chi connectivity index (χ2v) is 5.23. The lowest BCUT2D eigenvalue weighted by atomic mass is 10.1. The standard InChI is InChI=1S/C15H8F7N3/c1-7-12-10(14(17,18)19)6-11(15(20,21)22)23-13(12)25(24-7)9-4-2-3-8(16)5-9/h2-6H,1H3. The van der Waals surface area contributed by atoms with Gasteiger partial charge in [0.25, 0.3) is 0 Å². The minimum Gasteiger partial charge on any atom is -0.223 e. The van der Waals surface area contributed by atoms with Crippen molar-refractivity contribution in [3.8, 4) is 5.69 Å². The maximum atomic E-state index is 13.4. The molecule has 0 aliphatic carbocycles. The average Bonchev–Trinajstić information content (AvgIpc) is 2.82. The largest absolute Gasteiger partial charge is 0.433 e. The summed E-state index contributed by atoms with van der Waals surface area (Å²) in [5.41, 5.74) is -4.06. The van der Waals surface area contributed by atoms with Crippen LogP contribution in [0.15, 0.2) is 30.3 Å². The maximum absolute atomic E-state index is 13.4. The molecule has 0 amide bonds. The van der Waals surface area contributed by atoms with Crippen molar-refractivity contribution < 1.29 is 30.7 Å². The highest BCUT2D eigenvalue weighted by molar-refractivity contribution is 5.84. The number of halogens is 7. The highest BCUT2D eigenvalue weighted by atomic mass is 19.4. The molecule has 10 heteroatoms. The van der Waals surface area contributed by atoms with E-state index in [0.717, 1.165) is 16.8 Å². The summed E-state index contributed by atoms with van der Waals surface area (Å²) < 4.78 is 92.8. The van der Waals surface area contributed by atoms with Crippen molar-refractivity contribution in [2.24, 2.45) is 0 Å². The van der Waals surface area contributed by atoms with Crippen LogP contribution < -0.4 is 0 Å². The summed E-state index contributed by atoms with van der Waals surface area (Å²) >= 11 is 0. The van der Waals surface area contributed by atoms with Crippen LogP contribution in [0.25, 0.3) is 16.7 Å². The Hall–Kier alpha value is -2.65. The van der Waals surface area contributed by atoms with Gasteiger partial charge < -0.3 is 0 Å². The van der Waals surface area contributed by atoms with Gasteiger partial charge in [0, 0.05) is 0 Å². The quantitative estimate of drug-likeness (QED) is 0.576. The number of alkyl halides is 6. The molecule has 0 N–H and O–H groups in total. The van der Waals surface area contributed by atoms with Gasteiger partial charge in [-0.3, -0.25) is 0 Å². The van der Waals surface area contributed by atoms with E-state index in [9.17, 15) is 30.7 Å². The van der Waals surface area contributed by atoms with Crippen LogP contribution in [0, 0.1) is 12.7 Å². The van der Waals surface area contributed by atoms with E-state index in [-0.39, 0.29) is 17.4 Å². The normalized spacial score (nSPS) is 12.8. The van der Waals surface area contributed by atoms with E-state index >= 15 is 0 Å². The predicted octanol–water partition coefficient (Wildman–Crippen LogP) is 4.91. The number of aryl methyl sites for hydroxylation is 1. The van der Waals surface area contributed by atoms with Gasteiger partial charge in [-0.1, -0.05) is 6.07 Å². The molecule has 3 aromatic rings. The summed E-state index contributed by atoms with van der Waals surface area (Å²) in [7, 11) is 0. The maximum Gasteiger partial charge on any atom is 0.433 e. The smallest absolute Gasteiger partial charge is 0.223 e. The molecule has 0 atom stereocenters. The molecule has 0 bridgehead atoms. The number of benzene rings is 1. The third kappa shape index (κ3) is 3.03. The molecular weight excluding hydrogens is 355 g/mol. The lowest BCUT2D eigenvalue weighted by Crippen LogP contribution is -2.14. The minimum atomic E-state index is -5.08. The van der Waals surface area contributed by atoms with Gasteiger partial charge >= 0.3 is 12.4 Å². The van der Waals surface area contributed by atoms with Crippen LogP contribution in [0.4, 0.5) is 30.7 Å². The van der Waals surface area contributed by atoms with Crippen LogP contribution in [-0.4, -0.2) is 14.8 Å². The fourth-order valence-corrected chi connectivity index (χ4v) is 2.45. The molecule has 25 heavy (non-hydrogen) atoms. The van der Waals surface area contributed by atoms with Crippen molar-refractivity contribution in [1.82, 2.24) is 14.8 Å².